The topological polar surface area (TPSA) is 76.7 Å². The van der Waals surface area contributed by atoms with Crippen molar-refractivity contribution in [1.29, 1.82) is 0 Å². The summed E-state index contributed by atoms with van der Waals surface area (Å²) in [7, 11) is 3.19. The summed E-state index contributed by atoms with van der Waals surface area (Å²) in [6, 6.07) is 5.40. The number of rotatable bonds is 5. The van der Waals surface area contributed by atoms with E-state index >= 15 is 0 Å². The summed E-state index contributed by atoms with van der Waals surface area (Å²) in [5, 5.41) is 6.32. The second-order valence-corrected chi connectivity index (χ2v) is 8.76. The van der Waals surface area contributed by atoms with Crippen LogP contribution in [0.5, 0.6) is 11.5 Å². The highest BCUT2D eigenvalue weighted by Gasteiger charge is 2.60. The molecule has 4 fully saturated rings. The maximum Gasteiger partial charge on any atom is 0.230 e. The third-order valence-corrected chi connectivity index (χ3v) is 6.59. The molecular formula is C21H28N2O4. The van der Waals surface area contributed by atoms with Gasteiger partial charge in [-0.05, 0) is 50.4 Å². The minimum absolute atomic E-state index is 0.00467. The molecule has 4 saturated carbocycles. The number of benzene rings is 1. The standard InChI is InChI=1S/C21H28N2O4/c1-13(24)23-21-10-14-4-15(11-21)9-20(8-14,12-21)19(25)22-16-5-17(26-2)7-18(6-16)27-3/h5-7,14-15H,4,8-12H2,1-3H3,(H,22,25)(H,23,24)/t14-,15-,20?,21?/m1/s1. The molecule has 0 aromatic heterocycles. The molecule has 0 saturated heterocycles. The van der Waals surface area contributed by atoms with E-state index in [-0.39, 0.29) is 17.4 Å². The van der Waals surface area contributed by atoms with Crippen molar-refractivity contribution in [3.63, 3.8) is 0 Å². The van der Waals surface area contributed by atoms with Crippen LogP contribution < -0.4 is 20.1 Å². The molecule has 5 rings (SSSR count). The van der Waals surface area contributed by atoms with Crippen LogP contribution in [0.4, 0.5) is 5.69 Å². The van der Waals surface area contributed by atoms with E-state index in [9.17, 15) is 9.59 Å². The minimum Gasteiger partial charge on any atom is -0.497 e. The third-order valence-electron chi connectivity index (χ3n) is 6.59. The molecule has 4 bridgehead atoms. The summed E-state index contributed by atoms with van der Waals surface area (Å²) >= 11 is 0. The van der Waals surface area contributed by atoms with Crippen LogP contribution in [0.25, 0.3) is 0 Å². The summed E-state index contributed by atoms with van der Waals surface area (Å²) in [6.45, 7) is 1.58. The van der Waals surface area contributed by atoms with Crippen LogP contribution in [0.3, 0.4) is 0 Å². The first-order valence-electron chi connectivity index (χ1n) is 9.69. The number of carbonyl (C=O) groups is 2. The molecule has 6 heteroatoms. The predicted octanol–water partition coefficient (Wildman–Crippen LogP) is 3.12. The van der Waals surface area contributed by atoms with Crippen LogP contribution in [0.15, 0.2) is 18.2 Å². The van der Waals surface area contributed by atoms with E-state index in [1.807, 2.05) is 12.1 Å². The number of hydrogen-bond acceptors (Lipinski definition) is 4. The average Bonchev–Trinajstić information content (AvgIpc) is 2.59. The molecule has 0 spiro atoms. The van der Waals surface area contributed by atoms with Crippen molar-refractivity contribution in [3.8, 4) is 11.5 Å². The lowest BCUT2D eigenvalue weighted by molar-refractivity contribution is -0.148. The van der Waals surface area contributed by atoms with Crippen molar-refractivity contribution in [1.82, 2.24) is 5.32 Å². The highest BCUT2D eigenvalue weighted by molar-refractivity contribution is 5.96. The molecule has 1 aromatic carbocycles. The van der Waals surface area contributed by atoms with Gasteiger partial charge < -0.3 is 20.1 Å². The second-order valence-electron chi connectivity index (χ2n) is 8.76. The fourth-order valence-electron chi connectivity index (χ4n) is 6.19. The van der Waals surface area contributed by atoms with E-state index in [4.69, 9.17) is 9.47 Å². The Morgan fingerprint density at radius 2 is 1.59 bits per heavy atom. The van der Waals surface area contributed by atoms with Gasteiger partial charge in [0.15, 0.2) is 0 Å². The maximum absolute atomic E-state index is 13.4. The molecular weight excluding hydrogens is 344 g/mol. The van der Waals surface area contributed by atoms with E-state index in [1.165, 1.54) is 6.42 Å². The Bertz CT molecular complexity index is 739. The lowest BCUT2D eigenvalue weighted by Gasteiger charge is -2.61. The molecule has 0 unspecified atom stereocenters. The second kappa shape index (κ2) is 6.43. The van der Waals surface area contributed by atoms with Crippen molar-refractivity contribution in [3.05, 3.63) is 18.2 Å². The summed E-state index contributed by atoms with van der Waals surface area (Å²) in [4.78, 5) is 25.2. The molecule has 2 atom stereocenters. The number of hydrogen-bond donors (Lipinski definition) is 2. The van der Waals surface area contributed by atoms with Crippen molar-refractivity contribution >= 4 is 17.5 Å². The number of carbonyl (C=O) groups excluding carboxylic acids is 2. The van der Waals surface area contributed by atoms with E-state index < -0.39 is 5.41 Å². The predicted molar refractivity (Wildman–Crippen MR) is 102 cm³/mol. The number of ether oxygens (including phenoxy) is 2. The molecule has 4 aliphatic rings. The van der Waals surface area contributed by atoms with Gasteiger partial charge >= 0.3 is 0 Å². The first-order chi connectivity index (χ1) is 12.9. The molecule has 0 heterocycles. The normalized spacial score (nSPS) is 33.4. The van der Waals surface area contributed by atoms with Gasteiger partial charge in [-0.3, -0.25) is 9.59 Å². The fraction of sp³-hybridized carbons (Fsp3) is 0.619. The lowest BCUT2D eigenvalue weighted by Crippen LogP contribution is -2.65. The summed E-state index contributed by atoms with van der Waals surface area (Å²) in [5.74, 6) is 2.38. The van der Waals surface area contributed by atoms with Gasteiger partial charge in [0.2, 0.25) is 11.8 Å². The van der Waals surface area contributed by atoms with Crippen LogP contribution in [0.2, 0.25) is 0 Å². The van der Waals surface area contributed by atoms with E-state index in [0.29, 0.717) is 29.0 Å². The SMILES string of the molecule is COc1cc(NC(=O)C23C[C@H]4C[C@@H](CC(NC(C)=O)(C4)C2)C3)cc(OC)c1. The van der Waals surface area contributed by atoms with Gasteiger partial charge in [-0.2, -0.15) is 0 Å². The minimum atomic E-state index is -0.400. The van der Waals surface area contributed by atoms with Crippen LogP contribution in [0.1, 0.15) is 45.4 Å². The smallest absolute Gasteiger partial charge is 0.230 e. The molecule has 0 radical (unpaired) electrons. The van der Waals surface area contributed by atoms with Crippen LogP contribution in [0, 0.1) is 17.3 Å². The summed E-state index contributed by atoms with van der Waals surface area (Å²) < 4.78 is 10.6. The summed E-state index contributed by atoms with van der Waals surface area (Å²) in [6.07, 6.45) is 5.76. The molecule has 6 nitrogen and oxygen atoms in total. The molecule has 2 N–H and O–H groups in total. The molecule has 27 heavy (non-hydrogen) atoms. The zero-order valence-electron chi connectivity index (χ0n) is 16.3. The van der Waals surface area contributed by atoms with Crippen LogP contribution in [-0.4, -0.2) is 31.6 Å². The van der Waals surface area contributed by atoms with E-state index in [2.05, 4.69) is 10.6 Å². The van der Waals surface area contributed by atoms with Crippen LogP contribution in [-0.2, 0) is 9.59 Å². The Morgan fingerprint density at radius 1 is 1.00 bits per heavy atom. The Labute approximate surface area is 160 Å². The zero-order chi connectivity index (χ0) is 19.2. The van der Waals surface area contributed by atoms with Crippen molar-refractivity contribution in [2.24, 2.45) is 17.3 Å². The zero-order valence-corrected chi connectivity index (χ0v) is 16.3. The lowest BCUT2D eigenvalue weighted by atomic mass is 9.46. The Morgan fingerprint density at radius 3 is 2.11 bits per heavy atom. The van der Waals surface area contributed by atoms with E-state index in [1.54, 1.807) is 27.2 Å². The van der Waals surface area contributed by atoms with Gasteiger partial charge in [0.1, 0.15) is 11.5 Å². The van der Waals surface area contributed by atoms with Gasteiger partial charge in [0.05, 0.1) is 19.6 Å². The fourth-order valence-corrected chi connectivity index (χ4v) is 6.19. The molecule has 2 amide bonds. The number of anilines is 1. The average molecular weight is 372 g/mol. The number of methoxy groups -OCH3 is 2. The molecule has 146 valence electrons. The molecule has 4 aliphatic carbocycles. The Kier molecular flexibility index (Phi) is 4.32. The van der Waals surface area contributed by atoms with Gasteiger partial charge in [-0.15, -0.1) is 0 Å². The Balaban J connectivity index is 1.59. The molecule has 1 aromatic rings. The van der Waals surface area contributed by atoms with Gasteiger partial charge in [0, 0.05) is 36.3 Å². The van der Waals surface area contributed by atoms with Crippen molar-refractivity contribution in [2.45, 2.75) is 51.0 Å². The monoisotopic (exact) mass is 372 g/mol. The quantitative estimate of drug-likeness (QED) is 0.833. The summed E-state index contributed by atoms with van der Waals surface area (Å²) in [5.41, 5.74) is 0.0721. The third kappa shape index (κ3) is 3.26. The van der Waals surface area contributed by atoms with Crippen LogP contribution >= 0.6 is 0 Å². The first kappa shape index (κ1) is 18.1. The number of amides is 2. The Hall–Kier alpha value is -2.24. The largest absolute Gasteiger partial charge is 0.497 e. The maximum atomic E-state index is 13.4. The van der Waals surface area contributed by atoms with Gasteiger partial charge in [0.25, 0.3) is 0 Å². The highest BCUT2D eigenvalue weighted by atomic mass is 16.5. The van der Waals surface area contributed by atoms with E-state index in [0.717, 1.165) is 32.1 Å². The van der Waals surface area contributed by atoms with Gasteiger partial charge in [-0.25, -0.2) is 0 Å². The van der Waals surface area contributed by atoms with Crippen molar-refractivity contribution in [2.75, 3.05) is 19.5 Å². The first-order valence-corrected chi connectivity index (χ1v) is 9.69. The number of nitrogens with one attached hydrogen (secondary N) is 2. The highest BCUT2D eigenvalue weighted by Crippen LogP contribution is 2.61. The van der Waals surface area contributed by atoms with Gasteiger partial charge in [-0.1, -0.05) is 0 Å². The molecule has 0 aliphatic heterocycles. The van der Waals surface area contributed by atoms with Crippen molar-refractivity contribution < 1.29 is 19.1 Å².